The van der Waals surface area contributed by atoms with Crippen LogP contribution in [0.2, 0.25) is 0 Å². The van der Waals surface area contributed by atoms with Crippen molar-refractivity contribution in [3.8, 4) is 22.3 Å². The fourth-order valence-electron chi connectivity index (χ4n) is 8.63. The van der Waals surface area contributed by atoms with E-state index in [-0.39, 0.29) is 89.7 Å². The standard InChI is InChI=1S/C46H50N12O2.4H2S/c1-27(2)39(55-45-47-19-7-20-48-45)43(59)57-23-5-9-37(57)41-51-33-17-15-31(25-35(33)53-41)29-11-13-30(14-12-29)32-16-18-34-36(26-32)54-42(52-34)38-10-6-24-58(38)44(60)40(28(3)4)56-46-49-21-8-22-50-46;;;;/h7-8,11-22,25-28,37-40H,5-6,9-10,23-24H2,1-4H3,(H,51,53)(H,52,54)(H,47,48,55)(H,49,50,56);4*1H2/t37-,38-,39-,40-;;;;/m0..../s1. The zero-order chi connectivity index (χ0) is 41.3. The van der Waals surface area contributed by atoms with E-state index in [1.807, 2.05) is 49.6 Å². The maximum atomic E-state index is 13.9. The van der Waals surface area contributed by atoms with Gasteiger partial charge in [-0.05, 0) is 96.2 Å². The first-order valence-electron chi connectivity index (χ1n) is 21.0. The highest BCUT2D eigenvalue weighted by atomic mass is 32.1. The zero-order valence-electron chi connectivity index (χ0n) is 36.3. The van der Waals surface area contributed by atoms with Gasteiger partial charge in [0.25, 0.3) is 0 Å². The number of fused-ring (bicyclic) bond motifs is 2. The molecule has 4 aromatic heterocycles. The minimum absolute atomic E-state index is 0. The van der Waals surface area contributed by atoms with Gasteiger partial charge in [0, 0.05) is 37.9 Å². The molecular formula is C46H58N12O2S4. The molecule has 0 saturated carbocycles. The van der Waals surface area contributed by atoms with Gasteiger partial charge in [0.2, 0.25) is 23.7 Å². The number of carbonyl (C=O) groups excluding carboxylic acids is 2. The predicted octanol–water partition coefficient (Wildman–Crippen LogP) is 8.40. The van der Waals surface area contributed by atoms with Gasteiger partial charge in [-0.1, -0.05) is 64.1 Å². The number of imidazole rings is 2. The lowest BCUT2D eigenvalue weighted by atomic mass is 10.00. The third-order valence-electron chi connectivity index (χ3n) is 11.8. The number of rotatable bonds is 12. The van der Waals surface area contributed by atoms with Gasteiger partial charge in [-0.15, -0.1) is 0 Å². The number of likely N-dealkylation sites (tertiary alicyclic amines) is 2. The van der Waals surface area contributed by atoms with E-state index in [9.17, 15) is 9.59 Å². The van der Waals surface area contributed by atoms with Crippen LogP contribution in [0.3, 0.4) is 0 Å². The SMILES string of the molecule is CC(C)[C@H](Nc1ncccn1)C(=O)N1CCC[C@H]1c1nc2ccc(-c3ccc(-c4ccc5nc([C@@H]6CCCN6C(=O)[C@@H](Nc6ncccn6)C(C)C)[nH]c5c4)cc3)cc2[nH]1.S.S.S.S. The minimum atomic E-state index is -0.450. The lowest BCUT2D eigenvalue weighted by Crippen LogP contribution is -2.45. The summed E-state index contributed by atoms with van der Waals surface area (Å²) in [7, 11) is 0. The normalized spacial score (nSPS) is 16.7. The molecule has 4 N–H and O–H groups in total. The molecule has 2 amide bonds. The van der Waals surface area contributed by atoms with Crippen molar-refractivity contribution >= 4 is 99.8 Å². The van der Waals surface area contributed by atoms with E-state index < -0.39 is 12.1 Å². The smallest absolute Gasteiger partial charge is 0.246 e. The van der Waals surface area contributed by atoms with Crippen molar-refractivity contribution in [1.82, 2.24) is 49.7 Å². The summed E-state index contributed by atoms with van der Waals surface area (Å²) in [4.78, 5) is 66.0. The van der Waals surface area contributed by atoms with Gasteiger partial charge >= 0.3 is 0 Å². The number of hydrogen-bond donors (Lipinski definition) is 4. The summed E-state index contributed by atoms with van der Waals surface area (Å²) in [5.41, 5.74) is 7.95. The second-order valence-corrected chi connectivity index (χ2v) is 16.5. The van der Waals surface area contributed by atoms with Crippen LogP contribution in [-0.2, 0) is 9.59 Å². The molecule has 3 aromatic carbocycles. The summed E-state index contributed by atoms with van der Waals surface area (Å²) in [6, 6.07) is 23.5. The molecule has 2 aliphatic heterocycles. The molecular weight excluding hydrogens is 881 g/mol. The summed E-state index contributed by atoms with van der Waals surface area (Å²) in [5.74, 6) is 2.66. The average Bonchev–Trinajstić information content (AvgIpc) is 4.10. The Kier molecular flexibility index (Phi) is 16.8. The molecule has 2 aliphatic rings. The first kappa shape index (κ1) is 49.7. The van der Waals surface area contributed by atoms with Crippen LogP contribution in [0.1, 0.15) is 77.1 Å². The largest absolute Gasteiger partial charge is 0.342 e. The third kappa shape index (κ3) is 10.3. The molecule has 7 aromatic rings. The molecule has 338 valence electrons. The third-order valence-corrected chi connectivity index (χ3v) is 11.8. The topological polar surface area (TPSA) is 174 Å². The van der Waals surface area contributed by atoms with Crippen LogP contribution in [0.4, 0.5) is 11.9 Å². The van der Waals surface area contributed by atoms with Crippen LogP contribution in [0.25, 0.3) is 44.3 Å². The number of hydrogen-bond acceptors (Lipinski definition) is 10. The van der Waals surface area contributed by atoms with Gasteiger partial charge in [-0.3, -0.25) is 9.59 Å². The van der Waals surface area contributed by atoms with Crippen LogP contribution in [0.5, 0.6) is 0 Å². The first-order valence-corrected chi connectivity index (χ1v) is 21.0. The van der Waals surface area contributed by atoms with Gasteiger partial charge < -0.3 is 30.4 Å². The number of anilines is 2. The summed E-state index contributed by atoms with van der Waals surface area (Å²) in [6.07, 6.45) is 10.2. The molecule has 64 heavy (non-hydrogen) atoms. The molecule has 0 spiro atoms. The lowest BCUT2D eigenvalue weighted by molar-refractivity contribution is -0.134. The summed E-state index contributed by atoms with van der Waals surface area (Å²) in [6.45, 7) is 9.49. The number of aromatic amines is 2. The minimum Gasteiger partial charge on any atom is -0.342 e. The predicted molar refractivity (Wildman–Crippen MR) is 274 cm³/mol. The number of benzene rings is 3. The van der Waals surface area contributed by atoms with E-state index in [4.69, 9.17) is 9.97 Å². The Labute approximate surface area is 401 Å². The van der Waals surface area contributed by atoms with Crippen molar-refractivity contribution in [1.29, 1.82) is 0 Å². The van der Waals surface area contributed by atoms with E-state index >= 15 is 0 Å². The molecule has 0 unspecified atom stereocenters. The Bertz CT molecular complexity index is 2450. The maximum Gasteiger partial charge on any atom is 0.246 e. The van der Waals surface area contributed by atoms with Crippen molar-refractivity contribution < 1.29 is 9.59 Å². The van der Waals surface area contributed by atoms with Crippen molar-refractivity contribution in [3.05, 3.63) is 109 Å². The lowest BCUT2D eigenvalue weighted by Gasteiger charge is -2.30. The van der Waals surface area contributed by atoms with Gasteiger partial charge in [0.15, 0.2) is 0 Å². The molecule has 0 bridgehead atoms. The molecule has 4 atom stereocenters. The van der Waals surface area contributed by atoms with Crippen LogP contribution >= 0.6 is 54.0 Å². The van der Waals surface area contributed by atoms with Crippen molar-refractivity contribution in [2.75, 3.05) is 23.7 Å². The fraction of sp³-hybridized carbons (Fsp3) is 0.348. The average molecular weight is 939 g/mol. The summed E-state index contributed by atoms with van der Waals surface area (Å²) in [5, 5.41) is 6.53. The molecule has 0 aliphatic carbocycles. The van der Waals surface area contributed by atoms with Crippen LogP contribution in [0.15, 0.2) is 97.6 Å². The fourth-order valence-corrected chi connectivity index (χ4v) is 8.63. The second-order valence-electron chi connectivity index (χ2n) is 16.5. The van der Waals surface area contributed by atoms with Crippen LogP contribution in [0, 0.1) is 11.8 Å². The summed E-state index contributed by atoms with van der Waals surface area (Å²) >= 11 is 0. The highest BCUT2D eigenvalue weighted by Gasteiger charge is 2.38. The monoisotopic (exact) mass is 938 g/mol. The zero-order valence-corrected chi connectivity index (χ0v) is 40.3. The quantitative estimate of drug-likeness (QED) is 0.0932. The molecule has 18 heteroatoms. The van der Waals surface area contributed by atoms with Gasteiger partial charge in [0.05, 0.1) is 34.2 Å². The van der Waals surface area contributed by atoms with Crippen LogP contribution in [-0.4, -0.2) is 86.7 Å². The van der Waals surface area contributed by atoms with Crippen molar-refractivity contribution in [2.45, 2.75) is 77.5 Å². The van der Waals surface area contributed by atoms with E-state index in [2.05, 4.69) is 89.1 Å². The maximum absolute atomic E-state index is 13.9. The Morgan fingerprint density at radius 2 is 0.922 bits per heavy atom. The molecule has 14 nitrogen and oxygen atoms in total. The molecule has 0 radical (unpaired) electrons. The molecule has 2 saturated heterocycles. The number of aromatic nitrogens is 8. The van der Waals surface area contributed by atoms with Crippen molar-refractivity contribution in [2.24, 2.45) is 11.8 Å². The molecule has 2 fully saturated rings. The Hall–Kier alpha value is -5.30. The molecule has 6 heterocycles. The van der Waals surface area contributed by atoms with E-state index in [1.54, 1.807) is 36.9 Å². The Morgan fingerprint density at radius 1 is 0.562 bits per heavy atom. The first-order chi connectivity index (χ1) is 29.2. The molecule has 9 rings (SSSR count). The van der Waals surface area contributed by atoms with Gasteiger partial charge in [0.1, 0.15) is 23.7 Å². The number of nitrogens with one attached hydrogen (secondary N) is 4. The Balaban J connectivity index is 0.00000193. The summed E-state index contributed by atoms with van der Waals surface area (Å²) < 4.78 is 0. The van der Waals surface area contributed by atoms with Gasteiger partial charge in [-0.2, -0.15) is 54.0 Å². The number of H-pyrrole nitrogens is 2. The Morgan fingerprint density at radius 3 is 1.28 bits per heavy atom. The van der Waals surface area contributed by atoms with E-state index in [0.717, 1.165) is 81.7 Å². The van der Waals surface area contributed by atoms with Crippen LogP contribution < -0.4 is 10.6 Å². The van der Waals surface area contributed by atoms with Gasteiger partial charge in [-0.25, -0.2) is 29.9 Å². The van der Waals surface area contributed by atoms with E-state index in [1.165, 1.54) is 0 Å². The highest BCUT2D eigenvalue weighted by Crippen LogP contribution is 2.36. The number of carbonyl (C=O) groups is 2. The van der Waals surface area contributed by atoms with Crippen molar-refractivity contribution in [3.63, 3.8) is 0 Å². The van der Waals surface area contributed by atoms with E-state index in [0.29, 0.717) is 25.0 Å². The highest BCUT2D eigenvalue weighted by molar-refractivity contribution is 7.59. The second kappa shape index (κ2) is 21.6. The number of amides is 2. The number of nitrogens with zero attached hydrogens (tertiary/aromatic N) is 8.